The van der Waals surface area contributed by atoms with Crippen LogP contribution in [-0.2, 0) is 10.0 Å². The molecule has 190 valence electrons. The van der Waals surface area contributed by atoms with Crippen molar-refractivity contribution in [3.8, 4) is 5.75 Å². The highest BCUT2D eigenvalue weighted by Gasteiger charge is 2.39. The van der Waals surface area contributed by atoms with Crippen molar-refractivity contribution in [3.63, 3.8) is 0 Å². The van der Waals surface area contributed by atoms with Gasteiger partial charge in [0.1, 0.15) is 11.6 Å². The first-order valence-electron chi connectivity index (χ1n) is 11.0. The number of sulfonamides is 1. The predicted molar refractivity (Wildman–Crippen MR) is 135 cm³/mol. The molecule has 0 aromatic heterocycles. The Morgan fingerprint density at radius 1 is 0.971 bits per heavy atom. The Labute approximate surface area is 219 Å². The summed E-state index contributed by atoms with van der Waals surface area (Å²) < 4.78 is 44.7. The molecule has 0 N–H and O–H groups in total. The van der Waals surface area contributed by atoms with Crippen LogP contribution in [0, 0.1) is 11.7 Å². The summed E-state index contributed by atoms with van der Waals surface area (Å²) in [6.45, 7) is 2.29. The minimum absolute atomic E-state index is 0.0136. The minimum atomic E-state index is -3.29. The second kappa shape index (κ2) is 10.7. The molecule has 0 unspecified atom stereocenters. The number of hydrogen-bond donors (Lipinski definition) is 0. The lowest BCUT2D eigenvalue weighted by Gasteiger charge is -2.35. The van der Waals surface area contributed by atoms with Crippen LogP contribution in [0.25, 0.3) is 0 Å². The summed E-state index contributed by atoms with van der Waals surface area (Å²) in [7, 11) is -3.29. The number of hydrogen-bond acceptors (Lipinski definition) is 4. The Kier molecular flexibility index (Phi) is 8.02. The van der Waals surface area contributed by atoms with Crippen LogP contribution in [0.1, 0.15) is 11.5 Å². The van der Waals surface area contributed by atoms with Gasteiger partial charge in [-0.15, -0.1) is 0 Å². The smallest absolute Gasteiger partial charge is 0.320 e. The first-order valence-corrected chi connectivity index (χ1v) is 14.0. The molecule has 2 aliphatic heterocycles. The van der Waals surface area contributed by atoms with E-state index >= 15 is 0 Å². The maximum atomic E-state index is 13.8. The Bertz CT molecular complexity index is 1210. The number of halogens is 4. The number of carbonyl (C=O) groups is 1. The molecular weight excluding hydrogens is 540 g/mol. The Balaban J connectivity index is 1.49. The fraction of sp³-hybridized carbons (Fsp3) is 0.435. The van der Waals surface area contributed by atoms with E-state index in [-0.39, 0.29) is 42.6 Å². The molecule has 4 rings (SSSR count). The van der Waals surface area contributed by atoms with Crippen LogP contribution in [0.15, 0.2) is 36.4 Å². The number of likely N-dealkylation sites (tertiary alicyclic amines) is 1. The van der Waals surface area contributed by atoms with Crippen LogP contribution in [-0.4, -0.2) is 80.7 Å². The van der Waals surface area contributed by atoms with Gasteiger partial charge in [0.15, 0.2) is 0 Å². The largest absolute Gasteiger partial charge is 0.493 e. The Hall–Kier alpha value is -1.78. The molecule has 2 atom stereocenters. The topological polar surface area (TPSA) is 70.2 Å². The van der Waals surface area contributed by atoms with E-state index in [1.807, 2.05) is 6.07 Å². The molecule has 2 aromatic rings. The molecule has 12 heteroatoms. The first-order chi connectivity index (χ1) is 16.5. The lowest BCUT2D eigenvalue weighted by atomic mass is 9.89. The molecule has 0 aliphatic carbocycles. The maximum absolute atomic E-state index is 13.8. The van der Waals surface area contributed by atoms with Crippen LogP contribution < -0.4 is 4.74 Å². The molecule has 0 saturated carbocycles. The van der Waals surface area contributed by atoms with Crippen molar-refractivity contribution in [3.05, 3.63) is 62.8 Å². The second-order valence-electron chi connectivity index (χ2n) is 8.76. The quantitative estimate of drug-likeness (QED) is 0.533. The van der Waals surface area contributed by atoms with Crippen molar-refractivity contribution >= 4 is 50.9 Å². The first kappa shape index (κ1) is 26.3. The van der Waals surface area contributed by atoms with Crippen molar-refractivity contribution in [2.75, 3.05) is 52.1 Å². The number of rotatable bonds is 5. The SMILES string of the molecule is CS(=O)(=O)N1CCN(C(=O)N2C[C@@H](COc3ccc(Cl)c(F)c3)[C@@H](c3ccc(Cl)c(Cl)c3)C2)CC1. The molecule has 2 amide bonds. The highest BCUT2D eigenvalue weighted by atomic mass is 35.5. The van der Waals surface area contributed by atoms with Crippen LogP contribution in [0.3, 0.4) is 0 Å². The number of nitrogens with zero attached hydrogens (tertiary/aromatic N) is 3. The summed E-state index contributed by atoms with van der Waals surface area (Å²) in [5.41, 5.74) is 0.924. The highest BCUT2D eigenvalue weighted by Crippen LogP contribution is 2.36. The number of benzene rings is 2. The third-order valence-electron chi connectivity index (χ3n) is 6.42. The Morgan fingerprint density at radius 3 is 2.29 bits per heavy atom. The third-order valence-corrected chi connectivity index (χ3v) is 8.77. The monoisotopic (exact) mass is 563 g/mol. The average Bonchev–Trinajstić information content (AvgIpc) is 3.25. The van der Waals surface area contributed by atoms with E-state index in [4.69, 9.17) is 39.5 Å². The number of amides is 2. The molecule has 2 fully saturated rings. The normalized spacial score (nSPS) is 21.4. The lowest BCUT2D eigenvalue weighted by molar-refractivity contribution is 0.139. The van der Waals surface area contributed by atoms with E-state index in [2.05, 4.69) is 0 Å². The van der Waals surface area contributed by atoms with Crippen LogP contribution >= 0.6 is 34.8 Å². The van der Waals surface area contributed by atoms with E-state index in [0.29, 0.717) is 42.0 Å². The van der Waals surface area contributed by atoms with Crippen LogP contribution in [0.5, 0.6) is 5.75 Å². The van der Waals surface area contributed by atoms with Crippen molar-refractivity contribution < 1.29 is 22.3 Å². The number of carbonyl (C=O) groups excluding carboxylic acids is 1. The van der Waals surface area contributed by atoms with Gasteiger partial charge >= 0.3 is 6.03 Å². The Morgan fingerprint density at radius 2 is 1.66 bits per heavy atom. The van der Waals surface area contributed by atoms with Crippen LogP contribution in [0.4, 0.5) is 9.18 Å². The number of ether oxygens (including phenoxy) is 1. The van der Waals surface area contributed by atoms with Crippen molar-refractivity contribution in [2.45, 2.75) is 5.92 Å². The van der Waals surface area contributed by atoms with Gasteiger partial charge in [-0.25, -0.2) is 17.6 Å². The van der Waals surface area contributed by atoms with Crippen molar-refractivity contribution in [2.24, 2.45) is 5.92 Å². The lowest BCUT2D eigenvalue weighted by Crippen LogP contribution is -2.53. The van der Waals surface area contributed by atoms with E-state index < -0.39 is 15.8 Å². The summed E-state index contributed by atoms with van der Waals surface area (Å²) >= 11 is 18.1. The molecular formula is C23H25Cl3FN3O4S. The zero-order chi connectivity index (χ0) is 25.3. The van der Waals surface area contributed by atoms with Gasteiger partial charge in [0.25, 0.3) is 0 Å². The molecule has 2 heterocycles. The highest BCUT2D eigenvalue weighted by molar-refractivity contribution is 7.88. The molecule has 0 radical (unpaired) electrons. The van der Waals surface area contributed by atoms with Gasteiger partial charge in [-0.1, -0.05) is 40.9 Å². The molecule has 7 nitrogen and oxygen atoms in total. The van der Waals surface area contributed by atoms with E-state index in [9.17, 15) is 17.6 Å². The second-order valence-corrected chi connectivity index (χ2v) is 12.0. The third kappa shape index (κ3) is 6.14. The standard InChI is InChI=1S/C23H25Cl3FN3O4S/c1-35(32,33)30-8-6-28(7-9-30)23(31)29-12-16(14-34-17-3-5-20(25)22(27)11-17)18(13-29)15-2-4-19(24)21(26)10-15/h2-5,10-11,16,18H,6-9,12-14H2,1H3/t16-,18+/m0/s1. The molecule has 35 heavy (non-hydrogen) atoms. The van der Waals surface area contributed by atoms with E-state index in [0.717, 1.165) is 5.56 Å². The van der Waals surface area contributed by atoms with Gasteiger partial charge in [0.05, 0.1) is 27.9 Å². The molecule has 2 aliphatic rings. The molecule has 0 bridgehead atoms. The molecule has 2 saturated heterocycles. The minimum Gasteiger partial charge on any atom is -0.493 e. The maximum Gasteiger partial charge on any atom is 0.320 e. The van der Waals surface area contributed by atoms with E-state index in [1.165, 1.54) is 22.7 Å². The van der Waals surface area contributed by atoms with Gasteiger partial charge in [0.2, 0.25) is 10.0 Å². The van der Waals surface area contributed by atoms with Gasteiger partial charge in [-0.3, -0.25) is 0 Å². The van der Waals surface area contributed by atoms with Gasteiger partial charge < -0.3 is 14.5 Å². The summed E-state index contributed by atoms with van der Waals surface area (Å²) in [4.78, 5) is 16.7. The molecule has 2 aromatic carbocycles. The summed E-state index contributed by atoms with van der Waals surface area (Å²) in [5, 5.41) is 0.874. The summed E-state index contributed by atoms with van der Waals surface area (Å²) in [6, 6.07) is 9.51. The zero-order valence-corrected chi connectivity index (χ0v) is 22.0. The number of piperazine rings is 1. The summed E-state index contributed by atoms with van der Waals surface area (Å²) in [5.74, 6) is -0.390. The van der Waals surface area contributed by atoms with E-state index in [1.54, 1.807) is 28.0 Å². The molecule has 0 spiro atoms. The van der Waals surface area contributed by atoms with Crippen molar-refractivity contribution in [1.82, 2.24) is 14.1 Å². The average molecular weight is 565 g/mol. The summed E-state index contributed by atoms with van der Waals surface area (Å²) in [6.07, 6.45) is 1.17. The van der Waals surface area contributed by atoms with Crippen LogP contribution in [0.2, 0.25) is 15.1 Å². The van der Waals surface area contributed by atoms with Crippen molar-refractivity contribution in [1.29, 1.82) is 0 Å². The zero-order valence-electron chi connectivity index (χ0n) is 19.0. The fourth-order valence-electron chi connectivity index (χ4n) is 4.50. The van der Waals surface area contributed by atoms with Gasteiger partial charge in [0, 0.05) is 57.2 Å². The van der Waals surface area contributed by atoms with Gasteiger partial charge in [-0.05, 0) is 29.8 Å². The van der Waals surface area contributed by atoms with Gasteiger partial charge in [-0.2, -0.15) is 4.31 Å². The fourth-order valence-corrected chi connectivity index (χ4v) is 5.75. The predicted octanol–water partition coefficient (Wildman–Crippen LogP) is 4.58. The number of urea groups is 1.